The Morgan fingerprint density at radius 2 is 2.12 bits per heavy atom. The first kappa shape index (κ1) is 16.6. The predicted octanol–water partition coefficient (Wildman–Crippen LogP) is 2.90. The Bertz CT molecular complexity index is 983. The predicted molar refractivity (Wildman–Crippen MR) is 94.5 cm³/mol. The molecule has 4 rings (SSSR count). The minimum atomic E-state index is -0.349. The summed E-state index contributed by atoms with van der Waals surface area (Å²) in [5, 5.41) is 4.27. The average molecular weight is 353 g/mol. The highest BCUT2D eigenvalue weighted by Gasteiger charge is 2.28. The zero-order valence-electron chi connectivity index (χ0n) is 14.8. The van der Waals surface area contributed by atoms with Gasteiger partial charge in [-0.25, -0.2) is 13.9 Å². The van der Waals surface area contributed by atoms with Gasteiger partial charge in [-0.15, -0.1) is 0 Å². The topological polar surface area (TPSA) is 63.4 Å². The van der Waals surface area contributed by atoms with Gasteiger partial charge in [-0.05, 0) is 50.5 Å². The summed E-state index contributed by atoms with van der Waals surface area (Å²) in [6.45, 7) is 4.87. The minimum Gasteiger partial charge on any atom is -0.338 e. The molecule has 0 radical (unpaired) electrons. The molecular formula is C19H20FN5O. The third-order valence-electron chi connectivity index (χ3n) is 4.95. The van der Waals surface area contributed by atoms with Gasteiger partial charge in [0.1, 0.15) is 12.1 Å². The molecule has 1 atom stereocenters. The maximum absolute atomic E-state index is 13.8. The van der Waals surface area contributed by atoms with Crippen LogP contribution in [0.15, 0.2) is 30.6 Å². The van der Waals surface area contributed by atoms with Crippen LogP contribution in [0.25, 0.3) is 5.78 Å². The molecule has 1 fully saturated rings. The minimum absolute atomic E-state index is 0.130. The van der Waals surface area contributed by atoms with Crippen LogP contribution in [0.4, 0.5) is 4.39 Å². The summed E-state index contributed by atoms with van der Waals surface area (Å²) >= 11 is 0. The van der Waals surface area contributed by atoms with E-state index in [1.165, 1.54) is 12.4 Å². The van der Waals surface area contributed by atoms with E-state index in [9.17, 15) is 9.18 Å². The number of hydrogen-bond acceptors (Lipinski definition) is 4. The number of rotatable bonds is 2. The van der Waals surface area contributed by atoms with Gasteiger partial charge in [-0.3, -0.25) is 4.79 Å². The Labute approximate surface area is 150 Å². The van der Waals surface area contributed by atoms with Gasteiger partial charge >= 0.3 is 0 Å². The van der Waals surface area contributed by atoms with Crippen LogP contribution in [-0.2, 0) is 0 Å². The van der Waals surface area contributed by atoms with Crippen LogP contribution in [-0.4, -0.2) is 43.5 Å². The molecular weight excluding hydrogens is 333 g/mol. The number of hydrogen-bond donors (Lipinski definition) is 0. The van der Waals surface area contributed by atoms with Gasteiger partial charge in [0.2, 0.25) is 0 Å². The van der Waals surface area contributed by atoms with Crippen LogP contribution in [0.1, 0.15) is 46.1 Å². The Kier molecular flexibility index (Phi) is 4.14. The Morgan fingerprint density at radius 1 is 1.27 bits per heavy atom. The van der Waals surface area contributed by atoms with Gasteiger partial charge in [-0.2, -0.15) is 10.1 Å². The summed E-state index contributed by atoms with van der Waals surface area (Å²) in [5.41, 5.74) is 2.83. The van der Waals surface area contributed by atoms with Crippen molar-refractivity contribution in [2.45, 2.75) is 32.6 Å². The molecule has 1 saturated heterocycles. The number of likely N-dealkylation sites (tertiary alicyclic amines) is 1. The normalized spacial score (nSPS) is 17.7. The first-order valence-electron chi connectivity index (χ1n) is 8.75. The number of fused-ring (bicyclic) bond motifs is 1. The quantitative estimate of drug-likeness (QED) is 0.711. The van der Waals surface area contributed by atoms with Gasteiger partial charge in [0.15, 0.2) is 0 Å². The highest BCUT2D eigenvalue weighted by molar-refractivity contribution is 5.94. The number of amides is 1. The van der Waals surface area contributed by atoms with Crippen molar-refractivity contribution in [1.82, 2.24) is 24.5 Å². The molecule has 6 nitrogen and oxygen atoms in total. The van der Waals surface area contributed by atoms with Crippen molar-refractivity contribution in [1.29, 1.82) is 0 Å². The third kappa shape index (κ3) is 2.94. The molecule has 3 aromatic rings. The fraction of sp³-hybridized carbons (Fsp3) is 0.368. The van der Waals surface area contributed by atoms with Gasteiger partial charge < -0.3 is 4.90 Å². The average Bonchev–Trinajstić information content (AvgIpc) is 3.11. The summed E-state index contributed by atoms with van der Waals surface area (Å²) in [5.74, 6) is 0.241. The van der Waals surface area contributed by atoms with E-state index in [0.29, 0.717) is 30.0 Å². The fourth-order valence-corrected chi connectivity index (χ4v) is 3.56. The summed E-state index contributed by atoms with van der Waals surface area (Å²) in [4.78, 5) is 23.2. The lowest BCUT2D eigenvalue weighted by atomic mass is 9.93. The largest absolute Gasteiger partial charge is 0.338 e. The molecule has 1 aliphatic heterocycles. The second kappa shape index (κ2) is 6.48. The first-order valence-corrected chi connectivity index (χ1v) is 8.75. The molecule has 134 valence electrons. The van der Waals surface area contributed by atoms with Gasteiger partial charge in [0.05, 0.1) is 5.69 Å². The molecule has 1 aromatic carbocycles. The summed E-state index contributed by atoms with van der Waals surface area (Å²) in [6, 6.07) is 6.67. The van der Waals surface area contributed by atoms with Crippen LogP contribution in [0.2, 0.25) is 0 Å². The van der Waals surface area contributed by atoms with E-state index in [4.69, 9.17) is 0 Å². The number of carbonyl (C=O) groups is 1. The van der Waals surface area contributed by atoms with Crippen molar-refractivity contribution in [2.75, 3.05) is 13.1 Å². The molecule has 2 aromatic heterocycles. The van der Waals surface area contributed by atoms with E-state index < -0.39 is 0 Å². The third-order valence-corrected chi connectivity index (χ3v) is 4.95. The van der Waals surface area contributed by atoms with Crippen molar-refractivity contribution in [3.8, 4) is 0 Å². The van der Waals surface area contributed by atoms with E-state index >= 15 is 0 Å². The summed E-state index contributed by atoms with van der Waals surface area (Å²) in [6.07, 6.45) is 3.35. The lowest BCUT2D eigenvalue weighted by Crippen LogP contribution is -2.39. The SMILES string of the molecule is Cc1cc(C2CCCN(C(=O)c3ccc(C)c(F)c3)C2)n2ncnc2n1. The molecule has 1 aliphatic rings. The number of nitrogens with zero attached hydrogens (tertiary/aromatic N) is 5. The number of piperidine rings is 1. The van der Waals surface area contributed by atoms with Crippen LogP contribution < -0.4 is 0 Å². The van der Waals surface area contributed by atoms with E-state index in [0.717, 1.165) is 24.2 Å². The fourth-order valence-electron chi connectivity index (χ4n) is 3.56. The Hall–Kier alpha value is -2.83. The van der Waals surface area contributed by atoms with Crippen molar-refractivity contribution in [2.24, 2.45) is 0 Å². The molecule has 0 saturated carbocycles. The first-order chi connectivity index (χ1) is 12.5. The maximum atomic E-state index is 13.8. The lowest BCUT2D eigenvalue weighted by Gasteiger charge is -2.33. The zero-order chi connectivity index (χ0) is 18.3. The van der Waals surface area contributed by atoms with Crippen LogP contribution >= 0.6 is 0 Å². The molecule has 1 unspecified atom stereocenters. The Balaban J connectivity index is 1.62. The smallest absolute Gasteiger partial charge is 0.253 e. The monoisotopic (exact) mass is 353 g/mol. The van der Waals surface area contributed by atoms with Crippen molar-refractivity contribution in [3.05, 3.63) is 58.9 Å². The van der Waals surface area contributed by atoms with Gasteiger partial charge in [0, 0.05) is 30.3 Å². The lowest BCUT2D eigenvalue weighted by molar-refractivity contribution is 0.0704. The zero-order valence-corrected chi connectivity index (χ0v) is 14.8. The van der Waals surface area contributed by atoms with E-state index in [1.54, 1.807) is 28.5 Å². The number of halogens is 1. The highest BCUT2D eigenvalue weighted by atomic mass is 19.1. The molecule has 26 heavy (non-hydrogen) atoms. The molecule has 0 spiro atoms. The highest BCUT2D eigenvalue weighted by Crippen LogP contribution is 2.28. The van der Waals surface area contributed by atoms with E-state index in [2.05, 4.69) is 15.1 Å². The molecule has 0 N–H and O–H groups in total. The van der Waals surface area contributed by atoms with Crippen LogP contribution in [0.5, 0.6) is 0 Å². The Morgan fingerprint density at radius 3 is 2.92 bits per heavy atom. The molecule has 3 heterocycles. The molecule has 0 bridgehead atoms. The van der Waals surface area contributed by atoms with Crippen molar-refractivity contribution >= 4 is 11.7 Å². The molecule has 1 amide bonds. The number of aryl methyl sites for hydroxylation is 2. The van der Waals surface area contributed by atoms with E-state index in [-0.39, 0.29) is 17.6 Å². The summed E-state index contributed by atoms with van der Waals surface area (Å²) < 4.78 is 15.6. The standard InChI is InChI=1S/C19H20FN5O/c1-12-5-6-14(9-16(12)20)18(26)24-7-3-4-15(10-24)17-8-13(2)23-19-21-11-22-25(17)19/h5-6,8-9,11,15H,3-4,7,10H2,1-2H3. The van der Waals surface area contributed by atoms with Crippen LogP contribution in [0, 0.1) is 19.7 Å². The number of aromatic nitrogens is 4. The summed E-state index contributed by atoms with van der Waals surface area (Å²) in [7, 11) is 0. The number of carbonyl (C=O) groups excluding carboxylic acids is 1. The van der Waals surface area contributed by atoms with E-state index in [1.807, 2.05) is 13.0 Å². The molecule has 7 heteroatoms. The second-order valence-corrected chi connectivity index (χ2v) is 6.85. The molecule has 0 aliphatic carbocycles. The second-order valence-electron chi connectivity index (χ2n) is 6.85. The van der Waals surface area contributed by atoms with Crippen molar-refractivity contribution < 1.29 is 9.18 Å². The van der Waals surface area contributed by atoms with Gasteiger partial charge in [-0.1, -0.05) is 6.07 Å². The van der Waals surface area contributed by atoms with Crippen LogP contribution in [0.3, 0.4) is 0 Å². The van der Waals surface area contributed by atoms with Crippen molar-refractivity contribution in [3.63, 3.8) is 0 Å². The maximum Gasteiger partial charge on any atom is 0.253 e. The number of benzene rings is 1. The van der Waals surface area contributed by atoms with Gasteiger partial charge in [0.25, 0.3) is 11.7 Å².